The second-order valence-corrected chi connectivity index (χ2v) is 1.49. The summed E-state index contributed by atoms with van der Waals surface area (Å²) >= 11 is 6.05. The van der Waals surface area contributed by atoms with Crippen LogP contribution < -0.4 is 9.72 Å². The normalized spacial score (nSPS) is 6.80. The number of nitrogens with one attached hydrogen (secondary N) is 1. The Hall–Kier alpha value is 0.339. The van der Waals surface area contributed by atoms with E-state index in [1.165, 1.54) is 0 Å². The van der Waals surface area contributed by atoms with Crippen LogP contribution in [0.2, 0.25) is 0 Å². The van der Waals surface area contributed by atoms with Crippen LogP contribution in [0.4, 0.5) is 0 Å². The fourth-order valence-corrected chi connectivity index (χ4v) is 0. The number of hydrogen-bond acceptors (Lipinski definition) is 1. The predicted octanol–water partition coefficient (Wildman–Crippen LogP) is -0.719. The van der Waals surface area contributed by atoms with Crippen molar-refractivity contribution in [1.29, 1.82) is 0 Å². The van der Waals surface area contributed by atoms with Gasteiger partial charge in [-0.2, -0.15) is 0 Å². The van der Waals surface area contributed by atoms with Gasteiger partial charge in [-0.1, -0.05) is 0 Å². The summed E-state index contributed by atoms with van der Waals surface area (Å²) in [4.78, 5) is 0. The van der Waals surface area contributed by atoms with Gasteiger partial charge in [0.25, 0.3) is 0 Å². The van der Waals surface area contributed by atoms with Crippen LogP contribution in [0.3, 0.4) is 0 Å². The molecule has 0 atom stereocenters. The van der Waals surface area contributed by atoms with Gasteiger partial charge in [-0.15, -0.1) is 0 Å². The zero-order chi connectivity index (χ0) is 4.28. The van der Waals surface area contributed by atoms with Crippen molar-refractivity contribution in [2.75, 3.05) is 0 Å². The van der Waals surface area contributed by atoms with Crippen LogP contribution >= 0.6 is 12.2 Å². The fraction of sp³-hybridized carbons (Fsp3) is 0. The van der Waals surface area contributed by atoms with E-state index >= 15 is 0 Å². The van der Waals surface area contributed by atoms with E-state index in [1.807, 2.05) is 0 Å². The maximum atomic E-state index is 4.91. The first-order valence-electron chi connectivity index (χ1n) is 0.909. The van der Waals surface area contributed by atoms with Crippen molar-refractivity contribution in [3.63, 3.8) is 0 Å². The molecule has 5 heavy (non-hydrogen) atoms. The van der Waals surface area contributed by atoms with E-state index < -0.39 is 0 Å². The van der Waals surface area contributed by atoms with E-state index in [0.29, 0.717) is 5.11 Å². The molecule has 0 rings (SSSR count). The summed E-state index contributed by atoms with van der Waals surface area (Å²) in [6, 6.07) is 0. The van der Waals surface area contributed by atoms with Crippen molar-refractivity contribution in [3.8, 4) is 0 Å². The molecule has 3 N–H and O–H groups in total. The molecule has 0 heterocycles. The number of thiocarbonyl (C=S) groups is 1. The van der Waals surface area contributed by atoms with Gasteiger partial charge in [0.2, 0.25) is 0 Å². The van der Waals surface area contributed by atoms with Crippen molar-refractivity contribution >= 4 is 17.3 Å². The van der Waals surface area contributed by atoms with E-state index in [2.05, 4.69) is 16.2 Å². The molecule has 0 unspecified atom stereocenters. The van der Waals surface area contributed by atoms with Crippen LogP contribution in [0, 0.1) is 0 Å². The standard InChI is InChI=1S/CH4N2S.Ir/c2-1(3)4;/h(H4,2,3,4);/q;+1/p-1. The summed E-state index contributed by atoms with van der Waals surface area (Å²) in [5.74, 6) is 0. The third-order valence-electron chi connectivity index (χ3n) is 0.0821. The molecule has 0 radical (unpaired) electrons. The van der Waals surface area contributed by atoms with Crippen molar-refractivity contribution in [1.82, 2.24) is 3.99 Å². The molecule has 0 bridgehead atoms. The first kappa shape index (κ1) is 5.34. The molecular formula is CH3IrN2S. The van der Waals surface area contributed by atoms with Gasteiger partial charge in [0.15, 0.2) is 0 Å². The van der Waals surface area contributed by atoms with Crippen LogP contribution in [0.5, 0.6) is 0 Å². The Kier molecular flexibility index (Phi) is 2.74. The topological polar surface area (TPSA) is 38.0 Å². The average molecular weight is 267 g/mol. The van der Waals surface area contributed by atoms with Crippen LogP contribution in [0.25, 0.3) is 0 Å². The monoisotopic (exact) mass is 268 g/mol. The summed E-state index contributed by atoms with van der Waals surface area (Å²) in [7, 11) is 0. The van der Waals surface area contributed by atoms with Gasteiger partial charge in [0, 0.05) is 0 Å². The minimum atomic E-state index is 0.338. The fourth-order valence-electron chi connectivity index (χ4n) is 0. The van der Waals surface area contributed by atoms with E-state index in [0.717, 1.165) is 0 Å². The molecule has 4 heteroatoms. The maximum absolute atomic E-state index is 4.91. The van der Waals surface area contributed by atoms with E-state index in [9.17, 15) is 0 Å². The van der Waals surface area contributed by atoms with Gasteiger partial charge in [0.1, 0.15) is 0 Å². The SMILES string of the molecule is NC(=S)[NH][Ir]. The zero-order valence-electron chi connectivity index (χ0n) is 2.32. The quantitative estimate of drug-likeness (QED) is 0.569. The molecular weight excluding hydrogens is 264 g/mol. The summed E-state index contributed by atoms with van der Waals surface area (Å²) in [6.07, 6.45) is 0. The Morgan fingerprint density at radius 3 is 2.20 bits per heavy atom. The van der Waals surface area contributed by atoms with Crippen LogP contribution in [0.1, 0.15) is 0 Å². The van der Waals surface area contributed by atoms with Crippen LogP contribution in [-0.2, 0) is 19.1 Å². The van der Waals surface area contributed by atoms with E-state index in [-0.39, 0.29) is 0 Å². The zero-order valence-corrected chi connectivity index (χ0v) is 5.53. The summed E-state index contributed by atoms with van der Waals surface area (Å²) in [6.45, 7) is 0. The van der Waals surface area contributed by atoms with Crippen molar-refractivity contribution in [3.05, 3.63) is 0 Å². The van der Waals surface area contributed by atoms with Gasteiger partial charge in [0.05, 0.1) is 0 Å². The van der Waals surface area contributed by atoms with Gasteiger partial charge in [-0.05, 0) is 0 Å². The number of rotatable bonds is 0. The third kappa shape index (κ3) is 4.34. The third-order valence-corrected chi connectivity index (χ3v) is 1.23. The molecule has 0 aromatic carbocycles. The molecule has 0 aromatic rings. The Morgan fingerprint density at radius 1 is 2.00 bits per heavy atom. The molecule has 0 spiro atoms. The van der Waals surface area contributed by atoms with Gasteiger partial charge >= 0.3 is 46.2 Å². The van der Waals surface area contributed by atoms with E-state index in [4.69, 9.17) is 5.73 Å². The Balaban J connectivity index is 2.85. The minimum absolute atomic E-state index is 0.338. The number of hydrogen-bond donors (Lipinski definition) is 2. The number of nitrogens with two attached hydrogens (primary N) is 1. The molecule has 0 aliphatic rings. The van der Waals surface area contributed by atoms with Gasteiger partial charge in [-0.3, -0.25) is 0 Å². The Bertz CT molecular complexity index is 44.9. The second kappa shape index (κ2) is 2.57. The molecule has 32 valence electrons. The molecule has 0 saturated heterocycles. The Labute approximate surface area is 46.5 Å². The second-order valence-electron chi connectivity index (χ2n) is 0.448. The summed E-state index contributed by atoms with van der Waals surface area (Å²) in [5, 5.41) is 0.338. The summed E-state index contributed by atoms with van der Waals surface area (Å²) in [5.41, 5.74) is 4.91. The van der Waals surface area contributed by atoms with Gasteiger partial charge < -0.3 is 0 Å². The van der Waals surface area contributed by atoms with Crippen molar-refractivity contribution in [2.24, 2.45) is 5.73 Å². The van der Waals surface area contributed by atoms with Crippen molar-refractivity contribution < 1.29 is 19.1 Å². The molecule has 0 aliphatic carbocycles. The molecule has 2 nitrogen and oxygen atoms in total. The first-order valence-corrected chi connectivity index (χ1v) is 2.52. The van der Waals surface area contributed by atoms with Crippen LogP contribution in [0.15, 0.2) is 0 Å². The predicted molar refractivity (Wildman–Crippen MR) is 19.9 cm³/mol. The van der Waals surface area contributed by atoms with Crippen LogP contribution in [-0.4, -0.2) is 5.11 Å². The molecule has 0 saturated carbocycles. The molecule has 0 amide bonds. The summed E-state index contributed by atoms with van der Waals surface area (Å²) < 4.78 is 2.54. The van der Waals surface area contributed by atoms with Gasteiger partial charge in [-0.25, -0.2) is 0 Å². The van der Waals surface area contributed by atoms with E-state index in [1.54, 1.807) is 19.1 Å². The molecule has 0 fully saturated rings. The van der Waals surface area contributed by atoms with Crippen molar-refractivity contribution in [2.45, 2.75) is 0 Å². The molecule has 0 aliphatic heterocycles. The first-order chi connectivity index (χ1) is 2.27. The average Bonchev–Trinajstić information content (AvgIpc) is 1.38. The Morgan fingerprint density at radius 2 is 2.20 bits per heavy atom. The molecule has 0 aromatic heterocycles.